The zero-order valence-electron chi connectivity index (χ0n) is 8.64. The second-order valence-corrected chi connectivity index (χ2v) is 4.24. The van der Waals surface area contributed by atoms with Crippen molar-refractivity contribution in [3.05, 3.63) is 12.2 Å². The van der Waals surface area contributed by atoms with Crippen LogP contribution in [0.25, 0.3) is 0 Å². The Labute approximate surface area is 87.3 Å². The Bertz CT molecular complexity index is 110. The third kappa shape index (κ3) is 8.37. The number of hydrogen-bond acceptors (Lipinski definition) is 1. The van der Waals surface area contributed by atoms with E-state index in [1.54, 1.807) is 0 Å². The zero-order chi connectivity index (χ0) is 9.82. The molecular weight excluding hydrogens is 263 g/mol. The summed E-state index contributed by atoms with van der Waals surface area (Å²) in [5, 5.41) is 0. The first-order valence-electron chi connectivity index (χ1n) is 4.84. The zero-order valence-corrected chi connectivity index (χ0v) is 10.8. The smallest absolute Gasteiger partial charge is 0.147 e. The molecule has 0 bridgehead atoms. The van der Waals surface area contributed by atoms with E-state index >= 15 is 0 Å². The summed E-state index contributed by atoms with van der Waals surface area (Å²) >= 11 is -0.715. The summed E-state index contributed by atoms with van der Waals surface area (Å²) in [6, 6.07) is 0. The molecule has 0 saturated heterocycles. The summed E-state index contributed by atoms with van der Waals surface area (Å²) < 4.78 is 10.9. The van der Waals surface area contributed by atoms with Crippen molar-refractivity contribution in [2.45, 2.75) is 50.9 Å². The van der Waals surface area contributed by atoms with Gasteiger partial charge in [-0.15, -0.1) is 0 Å². The van der Waals surface area contributed by atoms with E-state index < -0.39 is 21.2 Å². The first-order valence-corrected chi connectivity index (χ1v) is 6.97. The maximum atomic E-state index is 10.4. The van der Waals surface area contributed by atoms with E-state index in [1.165, 1.54) is 0 Å². The van der Waals surface area contributed by atoms with Crippen molar-refractivity contribution >= 4 is 21.2 Å². The minimum atomic E-state index is -0.715. The van der Waals surface area contributed by atoms with Crippen molar-refractivity contribution in [3.63, 3.8) is 0 Å². The van der Waals surface area contributed by atoms with E-state index in [0.717, 1.165) is 19.3 Å². The van der Waals surface area contributed by atoms with E-state index in [9.17, 15) is 3.07 Å². The Hall–Kier alpha value is 0.270. The van der Waals surface area contributed by atoms with Gasteiger partial charge in [-0.3, -0.25) is 3.07 Å². The predicted molar refractivity (Wildman–Crippen MR) is 64.2 cm³/mol. The lowest BCUT2D eigenvalue weighted by Crippen LogP contribution is -1.98. The maximum absolute atomic E-state index is 10.4. The summed E-state index contributed by atoms with van der Waals surface area (Å²) in [4.78, 5) is 0. The summed E-state index contributed by atoms with van der Waals surface area (Å²) in [5.74, 6) is 0. The highest BCUT2D eigenvalue weighted by Crippen LogP contribution is 2.21. The van der Waals surface area contributed by atoms with Gasteiger partial charge >= 0.3 is 0 Å². The van der Waals surface area contributed by atoms with Crippen LogP contribution in [-0.2, 0) is 3.07 Å². The lowest BCUT2D eigenvalue weighted by molar-refractivity contribution is 0.643. The predicted octanol–water partition coefficient (Wildman–Crippen LogP) is 4.46. The SMILES string of the molecule is CC.CC.O=IC1CC=CCC1. The Morgan fingerprint density at radius 3 is 2.00 bits per heavy atom. The van der Waals surface area contributed by atoms with Gasteiger partial charge in [0.1, 0.15) is 21.2 Å². The van der Waals surface area contributed by atoms with Gasteiger partial charge in [0.15, 0.2) is 0 Å². The van der Waals surface area contributed by atoms with Crippen LogP contribution in [0, 0.1) is 0 Å². The number of halogens is 1. The van der Waals surface area contributed by atoms with Gasteiger partial charge in [0.25, 0.3) is 0 Å². The number of alkyl halides is 1. The average Bonchev–Trinajstić information content (AvgIpc) is 2.25. The Morgan fingerprint density at radius 2 is 1.75 bits per heavy atom. The third-order valence-corrected chi connectivity index (χ3v) is 3.18. The minimum absolute atomic E-state index is 0.554. The van der Waals surface area contributed by atoms with E-state index in [2.05, 4.69) is 12.2 Å². The second kappa shape index (κ2) is 13.8. The lowest BCUT2D eigenvalue weighted by atomic mass is 10.1. The molecule has 0 aromatic heterocycles. The van der Waals surface area contributed by atoms with Crippen LogP contribution in [-0.4, -0.2) is 3.92 Å². The van der Waals surface area contributed by atoms with Crippen LogP contribution < -0.4 is 0 Å². The summed E-state index contributed by atoms with van der Waals surface area (Å²) in [6.45, 7) is 8.00. The molecule has 0 fully saturated rings. The molecular formula is C10H21IO. The van der Waals surface area contributed by atoms with Gasteiger partial charge in [0.05, 0.1) is 0 Å². The first kappa shape index (κ1) is 14.8. The molecule has 0 radical (unpaired) electrons. The first-order chi connectivity index (χ1) is 5.93. The van der Waals surface area contributed by atoms with Crippen molar-refractivity contribution in [1.82, 2.24) is 0 Å². The summed E-state index contributed by atoms with van der Waals surface area (Å²) in [6.07, 6.45) is 7.69. The molecule has 1 atom stereocenters. The van der Waals surface area contributed by atoms with Crippen LogP contribution in [0.5, 0.6) is 0 Å². The average molecular weight is 284 g/mol. The van der Waals surface area contributed by atoms with Crippen LogP contribution in [0.4, 0.5) is 0 Å². The molecule has 1 aliphatic rings. The van der Waals surface area contributed by atoms with Gasteiger partial charge in [-0.25, -0.2) is 0 Å². The molecule has 0 amide bonds. The fraction of sp³-hybridized carbons (Fsp3) is 0.800. The van der Waals surface area contributed by atoms with Crippen molar-refractivity contribution in [3.8, 4) is 0 Å². The van der Waals surface area contributed by atoms with E-state index in [-0.39, 0.29) is 0 Å². The fourth-order valence-electron chi connectivity index (χ4n) is 0.838. The Morgan fingerprint density at radius 1 is 1.17 bits per heavy atom. The van der Waals surface area contributed by atoms with Gasteiger partial charge in [-0.1, -0.05) is 39.8 Å². The van der Waals surface area contributed by atoms with Crippen LogP contribution >= 0.6 is 21.2 Å². The topological polar surface area (TPSA) is 17.1 Å². The normalized spacial score (nSPS) is 19.8. The molecule has 74 valence electrons. The van der Waals surface area contributed by atoms with Gasteiger partial charge < -0.3 is 0 Å². The molecule has 0 heterocycles. The Balaban J connectivity index is 0. The lowest BCUT2D eigenvalue weighted by Gasteiger charge is -2.07. The second-order valence-electron chi connectivity index (χ2n) is 1.97. The van der Waals surface area contributed by atoms with Crippen molar-refractivity contribution < 1.29 is 3.07 Å². The molecule has 1 unspecified atom stereocenters. The highest BCUT2D eigenvalue weighted by molar-refractivity contribution is 14.1. The summed E-state index contributed by atoms with van der Waals surface area (Å²) in [5.41, 5.74) is 0. The molecule has 0 N–H and O–H groups in total. The minimum Gasteiger partial charge on any atom is -0.270 e. The van der Waals surface area contributed by atoms with Gasteiger partial charge in [0, 0.05) is 3.92 Å². The van der Waals surface area contributed by atoms with Crippen LogP contribution in [0.1, 0.15) is 47.0 Å². The highest BCUT2D eigenvalue weighted by Gasteiger charge is 2.07. The van der Waals surface area contributed by atoms with E-state index in [1.807, 2.05) is 27.7 Å². The van der Waals surface area contributed by atoms with Crippen LogP contribution in [0.3, 0.4) is 0 Å². The summed E-state index contributed by atoms with van der Waals surface area (Å²) in [7, 11) is 0. The van der Waals surface area contributed by atoms with E-state index in [0.29, 0.717) is 3.92 Å². The largest absolute Gasteiger partial charge is 0.270 e. The van der Waals surface area contributed by atoms with Crippen molar-refractivity contribution in [2.75, 3.05) is 0 Å². The molecule has 0 aromatic rings. The van der Waals surface area contributed by atoms with Crippen molar-refractivity contribution in [2.24, 2.45) is 0 Å². The number of hydrogen-bond donors (Lipinski definition) is 0. The Kier molecular flexibility index (Phi) is 17.0. The van der Waals surface area contributed by atoms with Gasteiger partial charge in [-0.05, 0) is 19.3 Å². The van der Waals surface area contributed by atoms with E-state index in [4.69, 9.17) is 0 Å². The molecule has 0 aromatic carbocycles. The monoisotopic (exact) mass is 284 g/mol. The fourth-order valence-corrected chi connectivity index (χ4v) is 1.95. The maximum Gasteiger partial charge on any atom is 0.147 e. The van der Waals surface area contributed by atoms with Crippen LogP contribution in [0.15, 0.2) is 12.2 Å². The molecule has 0 saturated carbocycles. The molecule has 1 aliphatic carbocycles. The molecule has 0 aliphatic heterocycles. The quantitative estimate of drug-likeness (QED) is 0.394. The molecule has 0 spiro atoms. The third-order valence-electron chi connectivity index (χ3n) is 1.33. The highest BCUT2D eigenvalue weighted by atomic mass is 127. The molecule has 12 heavy (non-hydrogen) atoms. The molecule has 1 rings (SSSR count). The van der Waals surface area contributed by atoms with Gasteiger partial charge in [-0.2, -0.15) is 0 Å². The standard InChI is InChI=1S/C6H9IO.2C2H6/c8-7-6-4-2-1-3-5-6;2*1-2/h1-2,6H,3-5H2;2*1-2H3. The number of rotatable bonds is 1. The molecule has 2 heteroatoms. The van der Waals surface area contributed by atoms with Crippen LogP contribution in [0.2, 0.25) is 0 Å². The molecule has 1 nitrogen and oxygen atoms in total. The van der Waals surface area contributed by atoms with Gasteiger partial charge in [0.2, 0.25) is 0 Å². The van der Waals surface area contributed by atoms with Crippen molar-refractivity contribution in [1.29, 1.82) is 0 Å². The number of allylic oxidation sites excluding steroid dienone is 2.